The maximum atomic E-state index is 5.78. The van der Waals surface area contributed by atoms with Crippen LogP contribution < -0.4 is 9.09 Å². The molecule has 0 saturated carbocycles. The van der Waals surface area contributed by atoms with Crippen LogP contribution >= 0.6 is 10.4 Å². The Labute approximate surface area is 92.7 Å². The van der Waals surface area contributed by atoms with Gasteiger partial charge >= 0.3 is 92.7 Å². The number of hydrogen-bond donors (Lipinski definition) is 0. The molecule has 14 heavy (non-hydrogen) atoms. The topological polar surface area (TPSA) is 9.23 Å². The summed E-state index contributed by atoms with van der Waals surface area (Å²) in [4.78, 5) is 0. The van der Waals surface area contributed by atoms with Gasteiger partial charge in [-0.1, -0.05) is 0 Å². The molecule has 0 fully saturated rings. The summed E-state index contributed by atoms with van der Waals surface area (Å²) >= 11 is -1.93. The van der Waals surface area contributed by atoms with E-state index in [0.717, 1.165) is 16.2 Å². The third-order valence-corrected chi connectivity index (χ3v) is 13.2. The Hall–Kier alpha value is -0.202. The predicted octanol–water partition coefficient (Wildman–Crippen LogP) is 3.09. The van der Waals surface area contributed by atoms with Crippen LogP contribution in [0.1, 0.15) is 13.8 Å². The minimum atomic E-state index is -1.93. The van der Waals surface area contributed by atoms with E-state index in [0.29, 0.717) is 0 Å². The Morgan fingerprint density at radius 2 is 1.64 bits per heavy atom. The van der Waals surface area contributed by atoms with Crippen molar-refractivity contribution >= 4 is 26.6 Å². The molecule has 0 amide bonds. The van der Waals surface area contributed by atoms with Gasteiger partial charge in [-0.15, -0.1) is 0 Å². The quantitative estimate of drug-likeness (QED) is 0.779. The summed E-state index contributed by atoms with van der Waals surface area (Å²) < 4.78 is 6.53. The van der Waals surface area contributed by atoms with E-state index in [4.69, 9.17) is 15.1 Å². The molecule has 1 aromatic carbocycles. The summed E-state index contributed by atoms with van der Waals surface area (Å²) in [6, 6.07) is 8.32. The van der Waals surface area contributed by atoms with Crippen LogP contribution in [-0.4, -0.2) is 19.0 Å². The van der Waals surface area contributed by atoms with Crippen LogP contribution in [0.25, 0.3) is 0 Å². The molecule has 0 atom stereocenters. The predicted molar refractivity (Wildman–Crippen MR) is 66.9 cm³/mol. The monoisotopic (exact) mass is 272 g/mol. The fraction of sp³-hybridized carbons (Fsp3) is 0.455. The van der Waals surface area contributed by atoms with Gasteiger partial charge in [-0.05, 0) is 0 Å². The van der Waals surface area contributed by atoms with Gasteiger partial charge in [0.25, 0.3) is 0 Å². The second kappa shape index (κ2) is 5.04. The Balaban J connectivity index is 3.01. The second-order valence-electron chi connectivity index (χ2n) is 3.22. The van der Waals surface area contributed by atoms with Gasteiger partial charge < -0.3 is 0 Å². The minimum absolute atomic E-state index is 0.915. The molecule has 0 bridgehead atoms. The molecule has 0 radical (unpaired) electrons. The van der Waals surface area contributed by atoms with E-state index in [9.17, 15) is 0 Å². The Morgan fingerprint density at radius 1 is 1.14 bits per heavy atom. The van der Waals surface area contributed by atoms with E-state index in [1.807, 2.05) is 12.1 Å². The second-order valence-corrected chi connectivity index (χ2v) is 14.3. The van der Waals surface area contributed by atoms with Gasteiger partial charge in [0.15, 0.2) is 0 Å². The van der Waals surface area contributed by atoms with E-state index in [1.165, 1.54) is 4.35 Å². The molecule has 0 aliphatic heterocycles. The van der Waals surface area contributed by atoms with Crippen LogP contribution in [-0.2, 0) is 0 Å². The molecule has 0 saturated heterocycles. The van der Waals surface area contributed by atoms with Gasteiger partial charge in [-0.3, -0.25) is 0 Å². The zero-order valence-corrected chi connectivity index (χ0v) is 11.7. The fourth-order valence-electron chi connectivity index (χ4n) is 1.44. The number of ether oxygens (including phenoxy) is 1. The van der Waals surface area contributed by atoms with E-state index >= 15 is 0 Å². The van der Waals surface area contributed by atoms with Crippen molar-refractivity contribution in [2.24, 2.45) is 0 Å². The van der Waals surface area contributed by atoms with Gasteiger partial charge in [0.05, 0.1) is 0 Å². The molecule has 0 unspecified atom stereocenters. The summed E-state index contributed by atoms with van der Waals surface area (Å²) in [5.74, 6) is 0.915. The van der Waals surface area contributed by atoms with Gasteiger partial charge in [0, 0.05) is 0 Å². The molecule has 0 N–H and O–H groups in total. The van der Waals surface area contributed by atoms with Crippen LogP contribution in [0.2, 0.25) is 10.4 Å². The van der Waals surface area contributed by atoms with E-state index in [2.05, 4.69) is 26.0 Å². The average Bonchev–Trinajstić information content (AvgIpc) is 2.28. The van der Waals surface area contributed by atoms with Crippen molar-refractivity contribution in [3.05, 3.63) is 24.3 Å². The summed E-state index contributed by atoms with van der Waals surface area (Å²) in [5, 5.41) is 2.33. The van der Waals surface area contributed by atoms with Gasteiger partial charge in [0.2, 0.25) is 0 Å². The Kier molecular flexibility index (Phi) is 4.27. The molecule has 0 aliphatic rings. The molecular weight excluding hydrogens is 255 g/mol. The first-order valence-electron chi connectivity index (χ1n) is 4.89. The van der Waals surface area contributed by atoms with Gasteiger partial charge in [0.1, 0.15) is 0 Å². The Morgan fingerprint density at radius 3 is 2.00 bits per heavy atom. The first kappa shape index (κ1) is 11.9. The van der Waals surface area contributed by atoms with E-state index in [-0.39, 0.29) is 0 Å². The zero-order valence-electron chi connectivity index (χ0n) is 8.99. The summed E-state index contributed by atoms with van der Waals surface area (Å²) in [6.45, 7) is 4.43. The van der Waals surface area contributed by atoms with Crippen molar-refractivity contribution in [1.82, 2.24) is 0 Å². The normalized spacial score (nSPS) is 11.4. The van der Waals surface area contributed by atoms with Crippen LogP contribution in [0.5, 0.6) is 5.75 Å². The number of benzene rings is 1. The Bertz CT molecular complexity index is 324. The standard InChI is InChI=1S/C11H17AsOS/c1-4-12(14,5-2)10-6-8-11(13-3)9-7-10/h6-9H,4-5H2,1-3H3. The van der Waals surface area contributed by atoms with Crippen molar-refractivity contribution in [3.8, 4) is 5.75 Å². The van der Waals surface area contributed by atoms with Crippen molar-refractivity contribution in [2.75, 3.05) is 7.11 Å². The molecule has 0 heterocycles. The van der Waals surface area contributed by atoms with Crippen LogP contribution in [0.3, 0.4) is 0 Å². The fourth-order valence-corrected chi connectivity index (χ4v) is 6.00. The summed E-state index contributed by atoms with van der Waals surface area (Å²) in [5.41, 5.74) is 0. The van der Waals surface area contributed by atoms with Gasteiger partial charge in [-0.25, -0.2) is 0 Å². The van der Waals surface area contributed by atoms with Crippen molar-refractivity contribution in [3.63, 3.8) is 0 Å². The van der Waals surface area contributed by atoms with Crippen LogP contribution in [0.4, 0.5) is 0 Å². The third kappa shape index (κ3) is 2.43. The molecule has 0 spiro atoms. The number of hydrogen-bond acceptors (Lipinski definition) is 2. The molecule has 1 nitrogen and oxygen atoms in total. The average molecular weight is 272 g/mol. The first-order chi connectivity index (χ1) is 6.66. The molecule has 1 aromatic rings. The SMILES string of the molecule is CC[As](=S)(CC)c1ccc(OC)cc1. The molecule has 78 valence electrons. The van der Waals surface area contributed by atoms with Crippen molar-refractivity contribution in [1.29, 1.82) is 0 Å². The number of rotatable bonds is 4. The van der Waals surface area contributed by atoms with Crippen molar-refractivity contribution < 1.29 is 4.74 Å². The van der Waals surface area contributed by atoms with Crippen molar-refractivity contribution in [2.45, 2.75) is 24.3 Å². The van der Waals surface area contributed by atoms with E-state index < -0.39 is 11.9 Å². The first-order valence-corrected chi connectivity index (χ1v) is 11.1. The van der Waals surface area contributed by atoms with Gasteiger partial charge in [-0.2, -0.15) is 0 Å². The number of methoxy groups -OCH3 is 1. The zero-order chi connectivity index (χ0) is 10.6. The van der Waals surface area contributed by atoms with Crippen LogP contribution in [0, 0.1) is 0 Å². The molecule has 1 rings (SSSR count). The summed E-state index contributed by atoms with van der Waals surface area (Å²) in [6.07, 6.45) is 0. The maximum absolute atomic E-state index is 5.78. The third-order valence-electron chi connectivity index (χ3n) is 2.56. The molecular formula is C11H17AsOS. The summed E-state index contributed by atoms with van der Waals surface area (Å²) in [7, 11) is 7.47. The molecule has 0 aliphatic carbocycles. The molecule has 0 aromatic heterocycles. The molecule has 3 heteroatoms. The van der Waals surface area contributed by atoms with Crippen LogP contribution in [0.15, 0.2) is 24.3 Å². The van der Waals surface area contributed by atoms with E-state index in [1.54, 1.807) is 7.11 Å².